The average molecular weight is 292 g/mol. The summed E-state index contributed by atoms with van der Waals surface area (Å²) in [6.45, 7) is 4.05. The first-order chi connectivity index (χ1) is 9.67. The number of ether oxygens (including phenoxy) is 2. The number of aryl methyl sites for hydroxylation is 2. The lowest BCUT2D eigenvalue weighted by atomic mass is 10.1. The molecule has 0 saturated carbocycles. The maximum Gasteiger partial charge on any atom is 0.222 e. The third-order valence-electron chi connectivity index (χ3n) is 3.08. The highest BCUT2D eigenvalue weighted by atomic mass is 35.5. The van der Waals surface area contributed by atoms with Gasteiger partial charge in [0.1, 0.15) is 0 Å². The van der Waals surface area contributed by atoms with E-state index in [4.69, 9.17) is 21.1 Å². The highest BCUT2D eigenvalue weighted by Crippen LogP contribution is 2.33. The van der Waals surface area contributed by atoms with Crippen LogP contribution < -0.4 is 9.47 Å². The fraction of sp³-hybridized carbons (Fsp3) is 0.312. The van der Waals surface area contributed by atoms with Crippen molar-refractivity contribution in [1.82, 2.24) is 4.98 Å². The number of benzene rings is 1. The summed E-state index contributed by atoms with van der Waals surface area (Å²) in [7, 11) is 1.64. The van der Waals surface area contributed by atoms with Gasteiger partial charge in [-0.15, -0.1) is 11.6 Å². The predicted molar refractivity (Wildman–Crippen MR) is 81.0 cm³/mol. The van der Waals surface area contributed by atoms with E-state index >= 15 is 0 Å². The van der Waals surface area contributed by atoms with Gasteiger partial charge in [-0.3, -0.25) is 0 Å². The third-order valence-corrected chi connectivity index (χ3v) is 3.39. The van der Waals surface area contributed by atoms with Gasteiger partial charge in [0.2, 0.25) is 5.88 Å². The molecule has 2 rings (SSSR count). The molecule has 1 heterocycles. The first-order valence-electron chi connectivity index (χ1n) is 6.54. The van der Waals surface area contributed by atoms with Crippen molar-refractivity contribution in [1.29, 1.82) is 0 Å². The summed E-state index contributed by atoms with van der Waals surface area (Å²) in [5.74, 6) is 2.40. The first-order valence-corrected chi connectivity index (χ1v) is 7.07. The van der Waals surface area contributed by atoms with Crippen LogP contribution in [-0.2, 0) is 12.3 Å². The van der Waals surface area contributed by atoms with Gasteiger partial charge in [-0.2, -0.15) is 0 Å². The molecule has 0 aliphatic rings. The Labute approximate surface area is 124 Å². The Morgan fingerprint density at radius 2 is 1.95 bits per heavy atom. The van der Waals surface area contributed by atoms with Crippen molar-refractivity contribution < 1.29 is 9.47 Å². The van der Waals surface area contributed by atoms with Crippen LogP contribution in [0.2, 0.25) is 0 Å². The van der Waals surface area contributed by atoms with Crippen LogP contribution in [0.3, 0.4) is 0 Å². The topological polar surface area (TPSA) is 31.4 Å². The number of halogens is 1. The van der Waals surface area contributed by atoms with E-state index in [1.54, 1.807) is 13.3 Å². The van der Waals surface area contributed by atoms with E-state index in [2.05, 4.69) is 11.9 Å². The zero-order chi connectivity index (χ0) is 14.5. The predicted octanol–water partition coefficient (Wildman–Crippen LogP) is 4.49. The third kappa shape index (κ3) is 3.23. The maximum absolute atomic E-state index is 5.85. The van der Waals surface area contributed by atoms with Gasteiger partial charge in [-0.05, 0) is 42.7 Å². The molecule has 20 heavy (non-hydrogen) atoms. The van der Waals surface area contributed by atoms with Crippen molar-refractivity contribution in [3.63, 3.8) is 0 Å². The molecule has 0 fully saturated rings. The summed E-state index contributed by atoms with van der Waals surface area (Å²) in [4.78, 5) is 4.30. The quantitative estimate of drug-likeness (QED) is 0.761. The van der Waals surface area contributed by atoms with Crippen LogP contribution in [0.5, 0.6) is 17.4 Å². The lowest BCUT2D eigenvalue weighted by Gasteiger charge is -2.12. The summed E-state index contributed by atoms with van der Waals surface area (Å²) in [6.07, 6.45) is 2.68. The molecule has 0 spiro atoms. The van der Waals surface area contributed by atoms with E-state index < -0.39 is 0 Å². The van der Waals surface area contributed by atoms with Crippen LogP contribution >= 0.6 is 11.6 Å². The number of nitrogens with zero attached hydrogens (tertiary/aromatic N) is 1. The highest BCUT2D eigenvalue weighted by molar-refractivity contribution is 6.17. The fourth-order valence-corrected chi connectivity index (χ4v) is 2.07. The van der Waals surface area contributed by atoms with Gasteiger partial charge in [0.05, 0.1) is 7.11 Å². The lowest BCUT2D eigenvalue weighted by Crippen LogP contribution is -1.96. The van der Waals surface area contributed by atoms with Gasteiger partial charge in [-0.25, -0.2) is 4.98 Å². The molecule has 0 aliphatic carbocycles. The molecule has 2 aromatic rings. The number of rotatable bonds is 5. The van der Waals surface area contributed by atoms with Crippen LogP contribution in [0.1, 0.15) is 23.6 Å². The summed E-state index contributed by atoms with van der Waals surface area (Å²) in [5, 5.41) is 0. The molecule has 0 aliphatic heterocycles. The Morgan fingerprint density at radius 3 is 2.55 bits per heavy atom. The number of alkyl halides is 1. The number of methoxy groups -OCH3 is 1. The van der Waals surface area contributed by atoms with E-state index in [9.17, 15) is 0 Å². The minimum absolute atomic E-state index is 0.447. The molecule has 0 N–H and O–H groups in total. The van der Waals surface area contributed by atoms with Crippen molar-refractivity contribution in [2.45, 2.75) is 26.1 Å². The summed E-state index contributed by atoms with van der Waals surface area (Å²) in [6, 6.07) is 7.90. The molecule has 3 nitrogen and oxygen atoms in total. The SMILES string of the molecule is CCc1ccc(Oc2ncc(CCl)cc2C)c(OC)c1. The average Bonchev–Trinajstić information content (AvgIpc) is 2.49. The molecule has 0 radical (unpaired) electrons. The second-order valence-electron chi connectivity index (χ2n) is 4.54. The van der Waals surface area contributed by atoms with Gasteiger partial charge in [0, 0.05) is 17.6 Å². The van der Waals surface area contributed by atoms with Gasteiger partial charge >= 0.3 is 0 Å². The van der Waals surface area contributed by atoms with Crippen LogP contribution in [0, 0.1) is 6.92 Å². The van der Waals surface area contributed by atoms with Gasteiger partial charge in [-0.1, -0.05) is 13.0 Å². The fourth-order valence-electron chi connectivity index (χ4n) is 1.92. The zero-order valence-electron chi connectivity index (χ0n) is 11.9. The Bertz CT molecular complexity index is 599. The molecule has 0 saturated heterocycles. The Kier molecular flexibility index (Phi) is 4.85. The second-order valence-corrected chi connectivity index (χ2v) is 4.81. The highest BCUT2D eigenvalue weighted by Gasteiger charge is 2.09. The minimum atomic E-state index is 0.447. The Morgan fingerprint density at radius 1 is 1.15 bits per heavy atom. The number of hydrogen-bond donors (Lipinski definition) is 0. The minimum Gasteiger partial charge on any atom is -0.493 e. The monoisotopic (exact) mass is 291 g/mol. The smallest absolute Gasteiger partial charge is 0.222 e. The molecule has 0 atom stereocenters. The van der Waals surface area contributed by atoms with Crippen molar-refractivity contribution in [3.05, 3.63) is 47.2 Å². The van der Waals surface area contributed by atoms with E-state index in [0.29, 0.717) is 23.3 Å². The van der Waals surface area contributed by atoms with Crippen LogP contribution in [0.4, 0.5) is 0 Å². The van der Waals surface area contributed by atoms with E-state index in [1.807, 2.05) is 31.2 Å². The standard InChI is InChI=1S/C16H18ClNO2/c1-4-12-5-6-14(15(8-12)19-3)20-16-11(2)7-13(9-17)10-18-16/h5-8,10H,4,9H2,1-3H3. The van der Waals surface area contributed by atoms with Crippen LogP contribution in [-0.4, -0.2) is 12.1 Å². The maximum atomic E-state index is 5.85. The Hall–Kier alpha value is -1.74. The summed E-state index contributed by atoms with van der Waals surface area (Å²) < 4.78 is 11.2. The molecular weight excluding hydrogens is 274 g/mol. The van der Waals surface area contributed by atoms with E-state index in [0.717, 1.165) is 17.5 Å². The number of pyridine rings is 1. The van der Waals surface area contributed by atoms with Crippen LogP contribution in [0.15, 0.2) is 30.5 Å². The van der Waals surface area contributed by atoms with Crippen LogP contribution in [0.25, 0.3) is 0 Å². The molecule has 4 heteroatoms. The van der Waals surface area contributed by atoms with Crippen molar-refractivity contribution >= 4 is 11.6 Å². The van der Waals surface area contributed by atoms with E-state index in [1.165, 1.54) is 5.56 Å². The molecule has 106 valence electrons. The summed E-state index contributed by atoms with van der Waals surface area (Å²) >= 11 is 5.79. The molecular formula is C16H18ClNO2. The van der Waals surface area contributed by atoms with Gasteiger partial charge in [0.15, 0.2) is 11.5 Å². The molecule has 1 aromatic heterocycles. The van der Waals surface area contributed by atoms with Crippen molar-refractivity contribution in [2.75, 3.05) is 7.11 Å². The lowest BCUT2D eigenvalue weighted by molar-refractivity contribution is 0.372. The number of hydrogen-bond acceptors (Lipinski definition) is 3. The van der Waals surface area contributed by atoms with Gasteiger partial charge < -0.3 is 9.47 Å². The number of aromatic nitrogens is 1. The van der Waals surface area contributed by atoms with E-state index in [-0.39, 0.29) is 0 Å². The first kappa shape index (κ1) is 14.7. The second kappa shape index (κ2) is 6.62. The van der Waals surface area contributed by atoms with Crippen molar-refractivity contribution in [2.24, 2.45) is 0 Å². The largest absolute Gasteiger partial charge is 0.493 e. The molecule has 1 aromatic carbocycles. The molecule has 0 unspecified atom stereocenters. The summed E-state index contributed by atoms with van der Waals surface area (Å²) in [5.41, 5.74) is 3.13. The molecule has 0 amide bonds. The normalized spacial score (nSPS) is 10.4. The zero-order valence-corrected chi connectivity index (χ0v) is 12.7. The Balaban J connectivity index is 2.29. The van der Waals surface area contributed by atoms with Crippen molar-refractivity contribution in [3.8, 4) is 17.4 Å². The van der Waals surface area contributed by atoms with Gasteiger partial charge in [0.25, 0.3) is 0 Å². The molecule has 0 bridgehead atoms.